The third kappa shape index (κ3) is 1.67. The maximum Gasteiger partial charge on any atom is 0.173 e. The van der Waals surface area contributed by atoms with E-state index in [2.05, 4.69) is 15.6 Å². The van der Waals surface area contributed by atoms with Crippen LogP contribution < -0.4 is 10.6 Å². The lowest BCUT2D eigenvalue weighted by atomic mass is 10.2. The largest absolute Gasteiger partial charge is 0.339 e. The fourth-order valence-electron chi connectivity index (χ4n) is 0.949. The number of thiocarbonyl (C=S) groups is 1. The monoisotopic (exact) mass is 157 g/mol. The molecule has 0 unspecified atom stereocenters. The summed E-state index contributed by atoms with van der Waals surface area (Å²) in [5.41, 5.74) is -0.244. The van der Waals surface area contributed by atoms with Crippen LogP contribution in [0.3, 0.4) is 0 Å². The van der Waals surface area contributed by atoms with Gasteiger partial charge in [0.2, 0.25) is 0 Å². The van der Waals surface area contributed by atoms with Crippen LogP contribution in [0.4, 0.5) is 0 Å². The van der Waals surface area contributed by atoms with E-state index < -0.39 is 0 Å². The molecule has 3 nitrogen and oxygen atoms in total. The average Bonchev–Trinajstić information content (AvgIpc) is 1.54. The average molecular weight is 157 g/mol. The van der Waals surface area contributed by atoms with Crippen molar-refractivity contribution in [2.75, 3.05) is 0 Å². The van der Waals surface area contributed by atoms with Crippen molar-refractivity contribution in [1.29, 1.82) is 0 Å². The summed E-state index contributed by atoms with van der Waals surface area (Å²) in [6.07, 6.45) is 0. The molecule has 1 aliphatic rings. The Labute approximate surface area is 65.9 Å². The van der Waals surface area contributed by atoms with Crippen molar-refractivity contribution >= 4 is 23.2 Å². The molecule has 0 aromatic carbocycles. The van der Waals surface area contributed by atoms with Crippen molar-refractivity contribution in [1.82, 2.24) is 10.6 Å². The lowest BCUT2D eigenvalue weighted by molar-refractivity contribution is 0.474. The first-order valence-electron chi connectivity index (χ1n) is 3.15. The molecule has 1 heterocycles. The van der Waals surface area contributed by atoms with E-state index in [4.69, 9.17) is 12.2 Å². The number of hydrogen-bond acceptors (Lipinski definition) is 2. The first-order valence-corrected chi connectivity index (χ1v) is 3.56. The topological polar surface area (TPSA) is 36.4 Å². The SMILES string of the molecule is CC1=NC(C)(C)NC(=S)N1. The highest BCUT2D eigenvalue weighted by Gasteiger charge is 2.21. The minimum absolute atomic E-state index is 0.244. The van der Waals surface area contributed by atoms with Crippen LogP contribution in [0.5, 0.6) is 0 Å². The second-order valence-corrected chi connectivity index (χ2v) is 3.24. The molecule has 0 saturated carbocycles. The van der Waals surface area contributed by atoms with Gasteiger partial charge in [-0.1, -0.05) is 0 Å². The lowest BCUT2D eigenvalue weighted by Gasteiger charge is -2.29. The highest BCUT2D eigenvalue weighted by molar-refractivity contribution is 7.80. The Balaban J connectivity index is 2.83. The predicted octanol–water partition coefficient (Wildman–Crippen LogP) is 0.619. The van der Waals surface area contributed by atoms with Gasteiger partial charge in [-0.05, 0) is 33.0 Å². The van der Waals surface area contributed by atoms with Crippen LogP contribution in [0, 0.1) is 0 Å². The van der Waals surface area contributed by atoms with Crippen molar-refractivity contribution in [3.05, 3.63) is 0 Å². The summed E-state index contributed by atoms with van der Waals surface area (Å²) in [7, 11) is 0. The minimum atomic E-state index is -0.244. The highest BCUT2D eigenvalue weighted by Crippen LogP contribution is 2.06. The van der Waals surface area contributed by atoms with Gasteiger partial charge in [-0.15, -0.1) is 0 Å². The van der Waals surface area contributed by atoms with Crippen LogP contribution in [0.2, 0.25) is 0 Å². The molecule has 0 fully saturated rings. The van der Waals surface area contributed by atoms with Crippen LogP contribution in [0.15, 0.2) is 4.99 Å². The number of aliphatic imine (C=N–C) groups is 1. The molecular formula is C6H11N3S. The van der Waals surface area contributed by atoms with E-state index >= 15 is 0 Å². The predicted molar refractivity (Wildman–Crippen MR) is 46.1 cm³/mol. The van der Waals surface area contributed by atoms with Gasteiger partial charge < -0.3 is 10.6 Å². The Bertz CT molecular complexity index is 195. The summed E-state index contributed by atoms with van der Waals surface area (Å²) >= 11 is 4.93. The molecule has 0 aromatic rings. The highest BCUT2D eigenvalue weighted by atomic mass is 32.1. The van der Waals surface area contributed by atoms with E-state index in [0.717, 1.165) is 5.84 Å². The number of nitrogens with zero attached hydrogens (tertiary/aromatic N) is 1. The standard InChI is InChI=1S/C6H11N3S/c1-4-7-5(10)9-6(2,3)8-4/h1-3H3,(H2,7,8,9,10). The Morgan fingerprint density at radius 3 is 2.50 bits per heavy atom. The zero-order valence-electron chi connectivity index (χ0n) is 6.36. The first kappa shape index (κ1) is 7.47. The fraction of sp³-hybridized carbons (Fsp3) is 0.667. The van der Waals surface area contributed by atoms with Gasteiger partial charge in [0.1, 0.15) is 11.5 Å². The summed E-state index contributed by atoms with van der Waals surface area (Å²) in [5, 5.41) is 6.57. The molecule has 2 N–H and O–H groups in total. The Morgan fingerprint density at radius 2 is 2.10 bits per heavy atom. The number of nitrogens with one attached hydrogen (secondary N) is 2. The van der Waals surface area contributed by atoms with E-state index in [0.29, 0.717) is 5.11 Å². The Morgan fingerprint density at radius 1 is 1.50 bits per heavy atom. The van der Waals surface area contributed by atoms with E-state index in [9.17, 15) is 0 Å². The van der Waals surface area contributed by atoms with E-state index in [1.54, 1.807) is 0 Å². The van der Waals surface area contributed by atoms with Gasteiger partial charge in [0.05, 0.1) is 0 Å². The quantitative estimate of drug-likeness (QED) is 0.506. The molecule has 1 rings (SSSR count). The van der Waals surface area contributed by atoms with Crippen LogP contribution in [-0.2, 0) is 0 Å². The normalized spacial score (nSPS) is 22.7. The summed E-state index contributed by atoms with van der Waals surface area (Å²) in [5.74, 6) is 0.869. The van der Waals surface area contributed by atoms with Crippen LogP contribution in [0.25, 0.3) is 0 Å². The van der Waals surface area contributed by atoms with Gasteiger partial charge in [-0.25, -0.2) is 4.99 Å². The van der Waals surface area contributed by atoms with Crippen molar-refractivity contribution in [3.8, 4) is 0 Å². The minimum Gasteiger partial charge on any atom is -0.339 e. The van der Waals surface area contributed by atoms with Gasteiger partial charge in [0.15, 0.2) is 5.11 Å². The van der Waals surface area contributed by atoms with Crippen LogP contribution in [-0.4, -0.2) is 16.6 Å². The first-order chi connectivity index (χ1) is 4.49. The van der Waals surface area contributed by atoms with Crippen LogP contribution in [0.1, 0.15) is 20.8 Å². The zero-order valence-corrected chi connectivity index (χ0v) is 7.17. The van der Waals surface area contributed by atoms with Crippen molar-refractivity contribution < 1.29 is 0 Å². The number of rotatable bonds is 0. The maximum absolute atomic E-state index is 4.93. The van der Waals surface area contributed by atoms with Gasteiger partial charge in [-0.3, -0.25) is 0 Å². The smallest absolute Gasteiger partial charge is 0.173 e. The van der Waals surface area contributed by atoms with Crippen LogP contribution >= 0.6 is 12.2 Å². The Kier molecular flexibility index (Phi) is 1.64. The summed E-state index contributed by atoms with van der Waals surface area (Å²) in [6.45, 7) is 5.85. The van der Waals surface area contributed by atoms with E-state index in [1.807, 2.05) is 20.8 Å². The molecule has 0 bridgehead atoms. The second-order valence-electron chi connectivity index (χ2n) is 2.84. The van der Waals surface area contributed by atoms with Gasteiger partial charge in [0.25, 0.3) is 0 Å². The molecule has 0 aromatic heterocycles. The summed E-state index contributed by atoms with van der Waals surface area (Å²) in [4.78, 5) is 4.27. The number of amidine groups is 1. The molecule has 56 valence electrons. The third-order valence-electron chi connectivity index (χ3n) is 1.16. The van der Waals surface area contributed by atoms with Crippen molar-refractivity contribution in [2.45, 2.75) is 26.4 Å². The molecule has 4 heteroatoms. The van der Waals surface area contributed by atoms with Crippen molar-refractivity contribution in [2.24, 2.45) is 4.99 Å². The lowest BCUT2D eigenvalue weighted by Crippen LogP contribution is -2.53. The number of hydrogen-bond donors (Lipinski definition) is 2. The molecule has 0 amide bonds. The molecule has 0 atom stereocenters. The molecule has 0 spiro atoms. The van der Waals surface area contributed by atoms with Crippen molar-refractivity contribution in [3.63, 3.8) is 0 Å². The van der Waals surface area contributed by atoms with E-state index in [-0.39, 0.29) is 5.66 Å². The summed E-state index contributed by atoms with van der Waals surface area (Å²) in [6, 6.07) is 0. The molecule has 1 aliphatic heterocycles. The van der Waals surface area contributed by atoms with E-state index in [1.165, 1.54) is 0 Å². The second kappa shape index (κ2) is 2.20. The molecule has 0 aliphatic carbocycles. The fourth-order valence-corrected chi connectivity index (χ4v) is 1.35. The van der Waals surface area contributed by atoms with Gasteiger partial charge >= 0.3 is 0 Å². The summed E-state index contributed by atoms with van der Waals surface area (Å²) < 4.78 is 0. The zero-order chi connectivity index (χ0) is 7.78. The maximum atomic E-state index is 4.93. The molecular weight excluding hydrogens is 146 g/mol. The molecule has 10 heavy (non-hydrogen) atoms. The molecule has 0 saturated heterocycles. The molecule has 0 radical (unpaired) electrons. The Hall–Kier alpha value is -0.640. The van der Waals surface area contributed by atoms with Gasteiger partial charge in [-0.2, -0.15) is 0 Å². The van der Waals surface area contributed by atoms with Gasteiger partial charge in [0, 0.05) is 0 Å². The third-order valence-corrected chi connectivity index (χ3v) is 1.37.